The van der Waals surface area contributed by atoms with Crippen LogP contribution in [0.1, 0.15) is 33.7 Å². The van der Waals surface area contributed by atoms with Gasteiger partial charge in [0.05, 0.1) is 12.2 Å². The molecular formula is C11H12N2O4S. The van der Waals surface area contributed by atoms with Gasteiger partial charge in [0, 0.05) is 12.3 Å². The molecule has 2 amide bonds. The van der Waals surface area contributed by atoms with E-state index >= 15 is 0 Å². The molecule has 0 radical (unpaired) electrons. The summed E-state index contributed by atoms with van der Waals surface area (Å²) in [6, 6.07) is 0. The first-order chi connectivity index (χ1) is 8.40. The van der Waals surface area contributed by atoms with Gasteiger partial charge in [0.25, 0.3) is 0 Å². The maximum Gasteiger partial charge on any atom is 0.347 e. The summed E-state index contributed by atoms with van der Waals surface area (Å²) < 4.78 is 0. The van der Waals surface area contributed by atoms with E-state index in [1.807, 2.05) is 0 Å². The molecule has 1 saturated heterocycles. The number of hydrogen-bond donors (Lipinski definition) is 1. The van der Waals surface area contributed by atoms with Crippen LogP contribution >= 0.6 is 11.3 Å². The molecule has 0 saturated carbocycles. The highest BCUT2D eigenvalue weighted by Gasteiger charge is 2.36. The molecule has 1 aromatic heterocycles. The third-order valence-corrected chi connectivity index (χ3v) is 3.93. The second-order valence-electron chi connectivity index (χ2n) is 4.25. The standard InChI is InChI=1S/C11H12N2O4S/c1-5-3-8(14)13(10(5)15)4-7-12-6(2)9(18-7)11(16)17/h5H,3-4H2,1-2H3,(H,16,17). The molecule has 1 N–H and O–H groups in total. The number of hydrogen-bond acceptors (Lipinski definition) is 5. The number of imide groups is 1. The van der Waals surface area contributed by atoms with Crippen LogP contribution in [0, 0.1) is 12.8 Å². The van der Waals surface area contributed by atoms with Crippen molar-refractivity contribution in [3.8, 4) is 0 Å². The van der Waals surface area contributed by atoms with Crippen LogP contribution in [-0.2, 0) is 16.1 Å². The predicted octanol–water partition coefficient (Wildman–Crippen LogP) is 1.04. The number of thiazole rings is 1. The zero-order valence-corrected chi connectivity index (χ0v) is 10.8. The Bertz CT molecular complexity index is 537. The number of amides is 2. The number of carbonyl (C=O) groups is 3. The fourth-order valence-electron chi connectivity index (χ4n) is 1.87. The van der Waals surface area contributed by atoms with E-state index in [4.69, 9.17) is 5.11 Å². The molecule has 2 rings (SSSR count). The molecule has 2 heterocycles. The predicted molar refractivity (Wildman–Crippen MR) is 63.1 cm³/mol. The second kappa shape index (κ2) is 4.49. The highest BCUT2D eigenvalue weighted by atomic mass is 32.1. The first-order valence-corrected chi connectivity index (χ1v) is 6.25. The molecule has 0 aromatic carbocycles. The molecule has 1 aliphatic heterocycles. The molecule has 18 heavy (non-hydrogen) atoms. The van der Waals surface area contributed by atoms with Gasteiger partial charge in [-0.05, 0) is 6.92 Å². The smallest absolute Gasteiger partial charge is 0.347 e. The summed E-state index contributed by atoms with van der Waals surface area (Å²) in [5, 5.41) is 9.38. The number of likely N-dealkylation sites (tertiary alicyclic amines) is 1. The van der Waals surface area contributed by atoms with E-state index in [1.165, 1.54) is 0 Å². The Balaban J connectivity index is 2.20. The van der Waals surface area contributed by atoms with Crippen molar-refractivity contribution in [3.05, 3.63) is 15.6 Å². The zero-order chi connectivity index (χ0) is 13.4. The molecule has 1 aromatic rings. The van der Waals surface area contributed by atoms with Crippen LogP contribution in [0.25, 0.3) is 0 Å². The molecular weight excluding hydrogens is 256 g/mol. The molecule has 1 unspecified atom stereocenters. The van der Waals surface area contributed by atoms with Crippen molar-refractivity contribution >= 4 is 29.1 Å². The van der Waals surface area contributed by atoms with E-state index < -0.39 is 5.97 Å². The van der Waals surface area contributed by atoms with Crippen LogP contribution in [0.2, 0.25) is 0 Å². The van der Waals surface area contributed by atoms with E-state index in [0.717, 1.165) is 16.2 Å². The Morgan fingerprint density at radius 1 is 1.56 bits per heavy atom. The summed E-state index contributed by atoms with van der Waals surface area (Å²) >= 11 is 1.00. The largest absolute Gasteiger partial charge is 0.477 e. The molecule has 0 bridgehead atoms. The number of carboxylic acid groups (broad SMARTS) is 1. The molecule has 1 atom stereocenters. The highest BCUT2D eigenvalue weighted by molar-refractivity contribution is 7.13. The summed E-state index contributed by atoms with van der Waals surface area (Å²) in [6.45, 7) is 3.37. The molecule has 0 aliphatic carbocycles. The molecule has 1 fully saturated rings. The average Bonchev–Trinajstić information content (AvgIpc) is 2.75. The normalized spacial score (nSPS) is 19.7. The van der Waals surface area contributed by atoms with Crippen molar-refractivity contribution < 1.29 is 19.5 Å². The van der Waals surface area contributed by atoms with Crippen LogP contribution in [0.3, 0.4) is 0 Å². The van der Waals surface area contributed by atoms with Crippen LogP contribution in [-0.4, -0.2) is 32.8 Å². The number of nitrogens with zero attached hydrogens (tertiary/aromatic N) is 2. The van der Waals surface area contributed by atoms with Gasteiger partial charge in [-0.1, -0.05) is 6.92 Å². The van der Waals surface area contributed by atoms with Gasteiger partial charge < -0.3 is 5.11 Å². The van der Waals surface area contributed by atoms with Crippen molar-refractivity contribution in [1.82, 2.24) is 9.88 Å². The van der Waals surface area contributed by atoms with Crippen molar-refractivity contribution in [1.29, 1.82) is 0 Å². The van der Waals surface area contributed by atoms with E-state index in [9.17, 15) is 14.4 Å². The lowest BCUT2D eigenvalue weighted by atomic mass is 10.1. The summed E-state index contributed by atoms with van der Waals surface area (Å²) in [5.74, 6) is -1.77. The van der Waals surface area contributed by atoms with Crippen molar-refractivity contribution in [3.63, 3.8) is 0 Å². The maximum absolute atomic E-state index is 11.7. The number of aryl methyl sites for hydroxylation is 1. The van der Waals surface area contributed by atoms with E-state index in [1.54, 1.807) is 13.8 Å². The van der Waals surface area contributed by atoms with E-state index in [-0.39, 0.29) is 35.6 Å². The summed E-state index contributed by atoms with van der Waals surface area (Å²) in [5.41, 5.74) is 0.412. The van der Waals surface area contributed by atoms with Gasteiger partial charge in [-0.25, -0.2) is 9.78 Å². The van der Waals surface area contributed by atoms with Gasteiger partial charge in [-0.2, -0.15) is 0 Å². The van der Waals surface area contributed by atoms with Crippen molar-refractivity contribution in [2.45, 2.75) is 26.8 Å². The lowest BCUT2D eigenvalue weighted by Gasteiger charge is -2.11. The minimum absolute atomic E-state index is 0.0702. The lowest BCUT2D eigenvalue weighted by Crippen LogP contribution is -2.29. The molecule has 7 heteroatoms. The van der Waals surface area contributed by atoms with Crippen molar-refractivity contribution in [2.24, 2.45) is 5.92 Å². The molecule has 0 spiro atoms. The van der Waals surface area contributed by atoms with E-state index in [0.29, 0.717) is 10.7 Å². The fourth-order valence-corrected chi connectivity index (χ4v) is 2.76. The first kappa shape index (κ1) is 12.7. The van der Waals surface area contributed by atoms with Crippen LogP contribution in [0.4, 0.5) is 0 Å². The molecule has 1 aliphatic rings. The molecule has 6 nitrogen and oxygen atoms in total. The van der Waals surface area contributed by atoms with Crippen LogP contribution in [0.5, 0.6) is 0 Å². The average molecular weight is 268 g/mol. The molecule has 96 valence electrons. The van der Waals surface area contributed by atoms with Crippen LogP contribution < -0.4 is 0 Å². The fraction of sp³-hybridized carbons (Fsp3) is 0.455. The van der Waals surface area contributed by atoms with Crippen LogP contribution in [0.15, 0.2) is 0 Å². The quantitative estimate of drug-likeness (QED) is 0.828. The topological polar surface area (TPSA) is 87.6 Å². The number of carbonyl (C=O) groups excluding carboxylic acids is 2. The van der Waals surface area contributed by atoms with Gasteiger partial charge in [-0.3, -0.25) is 14.5 Å². The van der Waals surface area contributed by atoms with Gasteiger partial charge in [0.15, 0.2) is 0 Å². The number of carboxylic acids is 1. The summed E-state index contributed by atoms with van der Waals surface area (Å²) in [7, 11) is 0. The SMILES string of the molecule is Cc1nc(CN2C(=O)CC(C)C2=O)sc1C(=O)O. The Hall–Kier alpha value is -1.76. The summed E-state index contributed by atoms with van der Waals surface area (Å²) in [6.07, 6.45) is 0.217. The minimum atomic E-state index is -1.04. The van der Waals surface area contributed by atoms with Gasteiger partial charge in [0.2, 0.25) is 11.8 Å². The minimum Gasteiger partial charge on any atom is -0.477 e. The highest BCUT2D eigenvalue weighted by Crippen LogP contribution is 2.24. The van der Waals surface area contributed by atoms with Crippen molar-refractivity contribution in [2.75, 3.05) is 0 Å². The summed E-state index contributed by atoms with van der Waals surface area (Å²) in [4.78, 5) is 39.6. The third kappa shape index (κ3) is 2.13. The Morgan fingerprint density at radius 3 is 2.67 bits per heavy atom. The maximum atomic E-state index is 11.7. The third-order valence-electron chi connectivity index (χ3n) is 2.80. The lowest BCUT2D eigenvalue weighted by molar-refractivity contribution is -0.139. The second-order valence-corrected chi connectivity index (χ2v) is 5.33. The number of rotatable bonds is 3. The monoisotopic (exact) mass is 268 g/mol. The Morgan fingerprint density at radius 2 is 2.22 bits per heavy atom. The van der Waals surface area contributed by atoms with Gasteiger partial charge >= 0.3 is 5.97 Å². The van der Waals surface area contributed by atoms with Gasteiger partial charge in [0.1, 0.15) is 9.88 Å². The first-order valence-electron chi connectivity index (χ1n) is 5.44. The van der Waals surface area contributed by atoms with E-state index in [2.05, 4.69) is 4.98 Å². The number of aromatic carboxylic acids is 1. The zero-order valence-electron chi connectivity index (χ0n) is 9.97. The number of aromatic nitrogens is 1. The Labute approximate surface area is 107 Å². The van der Waals surface area contributed by atoms with Gasteiger partial charge in [-0.15, -0.1) is 11.3 Å². The Kier molecular flexibility index (Phi) is 3.16.